The van der Waals surface area contributed by atoms with Crippen molar-refractivity contribution in [3.05, 3.63) is 47.0 Å². The summed E-state index contributed by atoms with van der Waals surface area (Å²) in [6.45, 7) is 8.13. The highest BCUT2D eigenvalue weighted by Crippen LogP contribution is 2.14. The van der Waals surface area contributed by atoms with Crippen molar-refractivity contribution in [3.63, 3.8) is 0 Å². The van der Waals surface area contributed by atoms with Crippen LogP contribution in [0.25, 0.3) is 0 Å². The second-order valence-corrected chi connectivity index (χ2v) is 4.65. The van der Waals surface area contributed by atoms with Crippen molar-refractivity contribution in [1.29, 1.82) is 0 Å². The molecule has 1 aromatic carbocycles. The minimum Gasteiger partial charge on any atom is -0.294 e. The number of ketones is 1. The van der Waals surface area contributed by atoms with E-state index in [4.69, 9.17) is 0 Å². The second-order valence-electron chi connectivity index (χ2n) is 4.65. The van der Waals surface area contributed by atoms with E-state index >= 15 is 0 Å². The molecular formula is C15H20O. The lowest BCUT2D eigenvalue weighted by molar-refractivity contribution is 0.0931. The standard InChI is InChI=1S/C15H20O/c1-11(2)5-8-13(4)15(16)14-9-6-12(3)7-10-14/h5-7,9-10,13H,8H2,1-4H3. The summed E-state index contributed by atoms with van der Waals surface area (Å²) in [5, 5.41) is 0. The summed E-state index contributed by atoms with van der Waals surface area (Å²) in [4.78, 5) is 12.0. The number of benzene rings is 1. The number of Topliss-reactive ketones (excluding diaryl/α,β-unsaturated/α-hetero) is 1. The fourth-order valence-electron chi connectivity index (χ4n) is 1.52. The number of carbonyl (C=O) groups excluding carboxylic acids is 1. The van der Waals surface area contributed by atoms with E-state index in [0.717, 1.165) is 12.0 Å². The molecular weight excluding hydrogens is 196 g/mol. The predicted octanol–water partition coefficient (Wildman–Crippen LogP) is 4.17. The number of rotatable bonds is 4. The molecule has 0 fully saturated rings. The van der Waals surface area contributed by atoms with Gasteiger partial charge in [0.2, 0.25) is 0 Å². The second kappa shape index (κ2) is 5.64. The normalized spacial score (nSPS) is 12.0. The SMILES string of the molecule is CC(C)=CCC(C)C(=O)c1ccc(C)cc1. The molecule has 0 bridgehead atoms. The lowest BCUT2D eigenvalue weighted by atomic mass is 9.95. The van der Waals surface area contributed by atoms with E-state index < -0.39 is 0 Å². The van der Waals surface area contributed by atoms with E-state index in [1.165, 1.54) is 11.1 Å². The van der Waals surface area contributed by atoms with Crippen molar-refractivity contribution in [1.82, 2.24) is 0 Å². The van der Waals surface area contributed by atoms with Crippen LogP contribution in [0.4, 0.5) is 0 Å². The van der Waals surface area contributed by atoms with Crippen LogP contribution in [0.5, 0.6) is 0 Å². The van der Waals surface area contributed by atoms with Crippen LogP contribution in [0.3, 0.4) is 0 Å². The van der Waals surface area contributed by atoms with Crippen molar-refractivity contribution in [2.24, 2.45) is 5.92 Å². The van der Waals surface area contributed by atoms with Gasteiger partial charge in [0.05, 0.1) is 0 Å². The van der Waals surface area contributed by atoms with Gasteiger partial charge in [-0.2, -0.15) is 0 Å². The monoisotopic (exact) mass is 216 g/mol. The molecule has 0 saturated heterocycles. The Morgan fingerprint density at radius 1 is 1.25 bits per heavy atom. The summed E-state index contributed by atoms with van der Waals surface area (Å²) < 4.78 is 0. The molecule has 1 unspecified atom stereocenters. The fraction of sp³-hybridized carbons (Fsp3) is 0.400. The number of aryl methyl sites for hydroxylation is 1. The Bertz CT molecular complexity index is 380. The van der Waals surface area contributed by atoms with Gasteiger partial charge in [-0.3, -0.25) is 4.79 Å². The molecule has 1 atom stereocenters. The zero-order chi connectivity index (χ0) is 12.1. The minimum absolute atomic E-state index is 0.0672. The van der Waals surface area contributed by atoms with Gasteiger partial charge in [0, 0.05) is 11.5 Å². The van der Waals surface area contributed by atoms with Crippen molar-refractivity contribution in [2.75, 3.05) is 0 Å². The Balaban J connectivity index is 2.70. The molecule has 1 aromatic rings. The van der Waals surface area contributed by atoms with E-state index in [-0.39, 0.29) is 11.7 Å². The van der Waals surface area contributed by atoms with Crippen molar-refractivity contribution in [3.8, 4) is 0 Å². The van der Waals surface area contributed by atoms with E-state index in [9.17, 15) is 4.79 Å². The van der Waals surface area contributed by atoms with E-state index in [1.807, 2.05) is 38.1 Å². The average molecular weight is 216 g/mol. The van der Waals surface area contributed by atoms with Crippen LogP contribution in [0.2, 0.25) is 0 Å². The Kier molecular flexibility index (Phi) is 4.48. The number of hydrogen-bond donors (Lipinski definition) is 0. The summed E-state index contributed by atoms with van der Waals surface area (Å²) in [7, 11) is 0. The number of allylic oxidation sites excluding steroid dienone is 2. The first-order valence-electron chi connectivity index (χ1n) is 5.75. The van der Waals surface area contributed by atoms with Crippen LogP contribution in [-0.4, -0.2) is 5.78 Å². The molecule has 86 valence electrons. The van der Waals surface area contributed by atoms with Crippen molar-refractivity contribution < 1.29 is 4.79 Å². The smallest absolute Gasteiger partial charge is 0.165 e. The molecule has 0 aliphatic carbocycles. The fourth-order valence-corrected chi connectivity index (χ4v) is 1.52. The molecule has 1 nitrogen and oxygen atoms in total. The zero-order valence-corrected chi connectivity index (χ0v) is 10.6. The summed E-state index contributed by atoms with van der Waals surface area (Å²) in [5.74, 6) is 0.301. The van der Waals surface area contributed by atoms with Gasteiger partial charge < -0.3 is 0 Å². The highest BCUT2D eigenvalue weighted by atomic mass is 16.1. The van der Waals surface area contributed by atoms with Crippen LogP contribution in [-0.2, 0) is 0 Å². The quantitative estimate of drug-likeness (QED) is 0.545. The molecule has 0 heterocycles. The highest BCUT2D eigenvalue weighted by molar-refractivity contribution is 5.97. The van der Waals surface area contributed by atoms with Gasteiger partial charge in [-0.15, -0.1) is 0 Å². The Labute approximate surface area is 98.2 Å². The molecule has 16 heavy (non-hydrogen) atoms. The molecule has 0 spiro atoms. The first-order chi connectivity index (χ1) is 7.50. The van der Waals surface area contributed by atoms with Crippen molar-refractivity contribution >= 4 is 5.78 Å². The molecule has 0 radical (unpaired) electrons. The molecule has 0 aliphatic rings. The molecule has 0 saturated carbocycles. The van der Waals surface area contributed by atoms with E-state index in [1.54, 1.807) is 0 Å². The van der Waals surface area contributed by atoms with E-state index in [0.29, 0.717) is 0 Å². The van der Waals surface area contributed by atoms with Crippen LogP contribution >= 0.6 is 0 Å². The molecule has 1 rings (SSSR count). The van der Waals surface area contributed by atoms with Crippen LogP contribution in [0.1, 0.15) is 43.1 Å². The van der Waals surface area contributed by atoms with Gasteiger partial charge in [0.1, 0.15) is 0 Å². The maximum absolute atomic E-state index is 12.0. The van der Waals surface area contributed by atoms with Gasteiger partial charge in [0.25, 0.3) is 0 Å². The highest BCUT2D eigenvalue weighted by Gasteiger charge is 2.13. The van der Waals surface area contributed by atoms with Gasteiger partial charge in [0.15, 0.2) is 5.78 Å². The maximum Gasteiger partial charge on any atom is 0.165 e. The summed E-state index contributed by atoms with van der Waals surface area (Å²) >= 11 is 0. The first kappa shape index (κ1) is 12.7. The van der Waals surface area contributed by atoms with Crippen LogP contribution in [0, 0.1) is 12.8 Å². The van der Waals surface area contributed by atoms with Crippen molar-refractivity contribution in [2.45, 2.75) is 34.1 Å². The molecule has 0 aromatic heterocycles. The largest absolute Gasteiger partial charge is 0.294 e. The molecule has 0 aliphatic heterocycles. The van der Waals surface area contributed by atoms with Crippen LogP contribution < -0.4 is 0 Å². The summed E-state index contributed by atoms with van der Waals surface area (Å²) in [5.41, 5.74) is 3.28. The molecule has 1 heteroatoms. The Morgan fingerprint density at radius 3 is 2.31 bits per heavy atom. The third-order valence-electron chi connectivity index (χ3n) is 2.66. The number of hydrogen-bond acceptors (Lipinski definition) is 1. The first-order valence-corrected chi connectivity index (χ1v) is 5.75. The van der Waals surface area contributed by atoms with E-state index in [2.05, 4.69) is 19.9 Å². The minimum atomic E-state index is 0.0672. The summed E-state index contributed by atoms with van der Waals surface area (Å²) in [6, 6.07) is 7.80. The lowest BCUT2D eigenvalue weighted by Gasteiger charge is -2.08. The zero-order valence-electron chi connectivity index (χ0n) is 10.6. The topological polar surface area (TPSA) is 17.1 Å². The molecule has 0 amide bonds. The van der Waals surface area contributed by atoms with Gasteiger partial charge in [-0.25, -0.2) is 0 Å². The Morgan fingerprint density at radius 2 is 1.81 bits per heavy atom. The third-order valence-corrected chi connectivity index (χ3v) is 2.66. The maximum atomic E-state index is 12.0. The van der Waals surface area contributed by atoms with Crippen LogP contribution in [0.15, 0.2) is 35.9 Å². The van der Waals surface area contributed by atoms with Gasteiger partial charge in [-0.05, 0) is 27.2 Å². The molecule has 0 N–H and O–H groups in total. The number of carbonyl (C=O) groups is 1. The Hall–Kier alpha value is -1.37. The lowest BCUT2D eigenvalue weighted by Crippen LogP contribution is -2.10. The average Bonchev–Trinajstić information content (AvgIpc) is 2.26. The summed E-state index contributed by atoms with van der Waals surface area (Å²) in [6.07, 6.45) is 2.95. The third kappa shape index (κ3) is 3.65. The van der Waals surface area contributed by atoms with Gasteiger partial charge in [-0.1, -0.05) is 48.4 Å². The predicted molar refractivity (Wildman–Crippen MR) is 68.7 cm³/mol. The van der Waals surface area contributed by atoms with Gasteiger partial charge >= 0.3 is 0 Å².